The number of halogens is 4. The Morgan fingerprint density at radius 1 is 0.968 bits per heavy atom. The van der Waals surface area contributed by atoms with Crippen molar-refractivity contribution >= 4 is 62.4 Å². The molecule has 0 aliphatic heterocycles. The molecule has 158 valence electrons. The van der Waals surface area contributed by atoms with Gasteiger partial charge in [0, 0.05) is 4.47 Å². The van der Waals surface area contributed by atoms with Crippen LogP contribution in [0.1, 0.15) is 23.6 Å². The Labute approximate surface area is 204 Å². The van der Waals surface area contributed by atoms with Gasteiger partial charge in [0.2, 0.25) is 0 Å². The molecule has 0 aliphatic carbocycles. The number of allylic oxidation sites excluding steroid dienone is 1. The molecule has 3 rings (SSSR count). The minimum absolute atomic E-state index is 0.244. The Balaban J connectivity index is 1.91. The van der Waals surface area contributed by atoms with Crippen molar-refractivity contribution in [2.75, 3.05) is 6.61 Å². The van der Waals surface area contributed by atoms with Crippen molar-refractivity contribution in [3.63, 3.8) is 0 Å². The van der Waals surface area contributed by atoms with E-state index < -0.39 is 0 Å². The zero-order valence-corrected chi connectivity index (χ0v) is 20.3. The minimum atomic E-state index is 0.244. The van der Waals surface area contributed by atoms with E-state index in [2.05, 4.69) is 22.0 Å². The summed E-state index contributed by atoms with van der Waals surface area (Å²) in [6, 6.07) is 18.6. The first-order valence-corrected chi connectivity index (χ1v) is 11.2. The monoisotopic (exact) mass is 535 g/mol. The van der Waals surface area contributed by atoms with Crippen LogP contribution in [0, 0.1) is 11.3 Å². The number of nitriles is 1. The average Bonchev–Trinajstić information content (AvgIpc) is 2.75. The lowest BCUT2D eigenvalue weighted by atomic mass is 10.0. The summed E-state index contributed by atoms with van der Waals surface area (Å²) in [6.07, 6.45) is 1.76. The number of hydrogen-bond acceptors (Lipinski definition) is 3. The number of rotatable bonds is 7. The first kappa shape index (κ1) is 23.5. The third kappa shape index (κ3) is 6.18. The van der Waals surface area contributed by atoms with Crippen LogP contribution < -0.4 is 9.47 Å². The Morgan fingerprint density at radius 2 is 1.71 bits per heavy atom. The van der Waals surface area contributed by atoms with E-state index in [9.17, 15) is 5.26 Å². The van der Waals surface area contributed by atoms with Crippen molar-refractivity contribution < 1.29 is 9.47 Å². The molecular weight excluding hydrogens is 521 g/mol. The van der Waals surface area contributed by atoms with Crippen LogP contribution in [0.2, 0.25) is 15.1 Å². The summed E-state index contributed by atoms with van der Waals surface area (Å²) in [7, 11) is 0. The van der Waals surface area contributed by atoms with Gasteiger partial charge in [-0.15, -0.1) is 0 Å². The smallest absolute Gasteiger partial charge is 0.180 e. The van der Waals surface area contributed by atoms with Gasteiger partial charge in [0.1, 0.15) is 6.61 Å². The maximum absolute atomic E-state index is 9.62. The van der Waals surface area contributed by atoms with E-state index in [1.807, 2.05) is 37.3 Å². The van der Waals surface area contributed by atoms with Gasteiger partial charge in [-0.05, 0) is 66.1 Å². The number of nitrogens with zero attached hydrogens (tertiary/aromatic N) is 1. The summed E-state index contributed by atoms with van der Waals surface area (Å²) in [5.74, 6) is 0.920. The molecule has 3 nitrogen and oxygen atoms in total. The molecule has 0 unspecified atom stereocenters. The van der Waals surface area contributed by atoms with Crippen LogP contribution in [-0.4, -0.2) is 6.61 Å². The highest BCUT2D eigenvalue weighted by Crippen LogP contribution is 2.38. The molecule has 0 atom stereocenters. The van der Waals surface area contributed by atoms with Crippen molar-refractivity contribution in [2.45, 2.75) is 13.5 Å². The first-order valence-electron chi connectivity index (χ1n) is 9.32. The van der Waals surface area contributed by atoms with Crippen LogP contribution in [0.25, 0.3) is 11.6 Å². The van der Waals surface area contributed by atoms with Gasteiger partial charge in [-0.2, -0.15) is 5.26 Å². The summed E-state index contributed by atoms with van der Waals surface area (Å²) in [5.41, 5.74) is 2.89. The molecule has 0 radical (unpaired) electrons. The topological polar surface area (TPSA) is 42.2 Å². The van der Waals surface area contributed by atoms with E-state index >= 15 is 0 Å². The van der Waals surface area contributed by atoms with Crippen LogP contribution in [0.15, 0.2) is 59.1 Å². The lowest BCUT2D eigenvalue weighted by Crippen LogP contribution is -2.01. The van der Waals surface area contributed by atoms with E-state index in [1.54, 1.807) is 30.3 Å². The van der Waals surface area contributed by atoms with Crippen LogP contribution >= 0.6 is 50.7 Å². The SMILES string of the molecule is CCOc1cc(/C=C(\C#N)c2ccc(Br)cc2)cc(Cl)c1OCc1ccc(Cl)c(Cl)c1. The molecule has 3 aromatic carbocycles. The van der Waals surface area contributed by atoms with Crippen molar-refractivity contribution in [3.05, 3.63) is 90.8 Å². The second-order valence-corrected chi connectivity index (χ2v) is 8.61. The lowest BCUT2D eigenvalue weighted by molar-refractivity contribution is 0.269. The largest absolute Gasteiger partial charge is 0.490 e. The maximum Gasteiger partial charge on any atom is 0.180 e. The molecule has 3 aromatic rings. The van der Waals surface area contributed by atoms with Crippen molar-refractivity contribution in [1.29, 1.82) is 5.26 Å². The highest BCUT2D eigenvalue weighted by Gasteiger charge is 2.14. The highest BCUT2D eigenvalue weighted by molar-refractivity contribution is 9.10. The summed E-state index contributed by atoms with van der Waals surface area (Å²) < 4.78 is 12.6. The Kier molecular flexibility index (Phi) is 8.28. The van der Waals surface area contributed by atoms with E-state index in [1.165, 1.54) is 0 Å². The number of benzene rings is 3. The molecule has 0 aromatic heterocycles. The molecule has 31 heavy (non-hydrogen) atoms. The zero-order valence-electron chi connectivity index (χ0n) is 16.5. The predicted octanol–water partition coefficient (Wildman–Crippen LogP) is 8.45. The second kappa shape index (κ2) is 10.9. The molecule has 0 saturated heterocycles. The van der Waals surface area contributed by atoms with Crippen LogP contribution in [0.4, 0.5) is 0 Å². The Morgan fingerprint density at radius 3 is 2.35 bits per heavy atom. The summed E-state index contributed by atoms with van der Waals surface area (Å²) in [6.45, 7) is 2.56. The van der Waals surface area contributed by atoms with Gasteiger partial charge in [-0.3, -0.25) is 0 Å². The number of ether oxygens (including phenoxy) is 2. The van der Waals surface area contributed by atoms with E-state index in [-0.39, 0.29) is 6.61 Å². The fraction of sp³-hybridized carbons (Fsp3) is 0.125. The molecule has 0 heterocycles. The standard InChI is InChI=1S/C24H17BrCl3NO2/c1-2-30-23-12-16(9-18(13-29)17-4-6-19(25)7-5-17)11-22(28)24(23)31-14-15-3-8-20(26)21(27)10-15/h3-12H,2,14H2,1H3/b18-9+. The molecule has 0 N–H and O–H groups in total. The maximum atomic E-state index is 9.62. The molecule has 0 saturated carbocycles. The summed E-state index contributed by atoms with van der Waals surface area (Å²) in [5, 5.41) is 10.9. The van der Waals surface area contributed by atoms with Gasteiger partial charge in [0.15, 0.2) is 11.5 Å². The minimum Gasteiger partial charge on any atom is -0.490 e. The number of hydrogen-bond donors (Lipinski definition) is 0. The first-order chi connectivity index (χ1) is 14.9. The highest BCUT2D eigenvalue weighted by atomic mass is 79.9. The van der Waals surface area contributed by atoms with Gasteiger partial charge in [0.05, 0.1) is 33.3 Å². The van der Waals surface area contributed by atoms with Gasteiger partial charge in [0.25, 0.3) is 0 Å². The lowest BCUT2D eigenvalue weighted by Gasteiger charge is -2.15. The van der Waals surface area contributed by atoms with E-state index in [0.717, 1.165) is 21.2 Å². The van der Waals surface area contributed by atoms with Gasteiger partial charge in [-0.25, -0.2) is 0 Å². The third-order valence-electron chi connectivity index (χ3n) is 4.29. The molecule has 0 fully saturated rings. The normalized spacial score (nSPS) is 11.2. The third-order valence-corrected chi connectivity index (χ3v) is 5.83. The second-order valence-electron chi connectivity index (χ2n) is 6.48. The zero-order chi connectivity index (χ0) is 22.4. The molecule has 0 aliphatic rings. The summed E-state index contributed by atoms with van der Waals surface area (Å²) in [4.78, 5) is 0. The Bertz CT molecular complexity index is 1150. The molecule has 0 amide bonds. The van der Waals surface area contributed by atoms with Crippen molar-refractivity contribution in [1.82, 2.24) is 0 Å². The van der Waals surface area contributed by atoms with Gasteiger partial charge < -0.3 is 9.47 Å². The van der Waals surface area contributed by atoms with E-state index in [0.29, 0.717) is 38.7 Å². The predicted molar refractivity (Wildman–Crippen MR) is 131 cm³/mol. The van der Waals surface area contributed by atoms with E-state index in [4.69, 9.17) is 44.3 Å². The molecule has 7 heteroatoms. The van der Waals surface area contributed by atoms with Crippen LogP contribution in [0.5, 0.6) is 11.5 Å². The molecule has 0 bridgehead atoms. The van der Waals surface area contributed by atoms with Gasteiger partial charge in [-0.1, -0.05) is 68.9 Å². The molecule has 0 spiro atoms. The quantitative estimate of drug-likeness (QED) is 0.224. The molecular formula is C24H17BrCl3NO2. The fourth-order valence-corrected chi connectivity index (χ4v) is 3.69. The average molecular weight is 538 g/mol. The fourth-order valence-electron chi connectivity index (χ4n) is 2.84. The van der Waals surface area contributed by atoms with Crippen molar-refractivity contribution in [2.24, 2.45) is 0 Å². The van der Waals surface area contributed by atoms with Crippen LogP contribution in [0.3, 0.4) is 0 Å². The van der Waals surface area contributed by atoms with Crippen LogP contribution in [-0.2, 0) is 6.61 Å². The van der Waals surface area contributed by atoms with Crippen molar-refractivity contribution in [3.8, 4) is 17.6 Å². The summed E-state index contributed by atoms with van der Waals surface area (Å²) >= 11 is 22.0. The van der Waals surface area contributed by atoms with Gasteiger partial charge >= 0.3 is 0 Å². The Hall–Kier alpha value is -2.16.